The molecule has 0 bridgehead atoms. The normalized spacial score (nSPS) is 14.1. The van der Waals surface area contributed by atoms with E-state index in [4.69, 9.17) is 14.2 Å². The largest absolute Gasteiger partial charge is 0.496 e. The number of anilines is 1. The quantitative estimate of drug-likeness (QED) is 0.421. The lowest BCUT2D eigenvalue weighted by Crippen LogP contribution is -2.46. The summed E-state index contributed by atoms with van der Waals surface area (Å²) in [6.07, 6.45) is 1.57. The number of para-hydroxylation sites is 1. The van der Waals surface area contributed by atoms with Gasteiger partial charge in [0.25, 0.3) is 0 Å². The van der Waals surface area contributed by atoms with Crippen molar-refractivity contribution in [1.82, 2.24) is 9.88 Å². The van der Waals surface area contributed by atoms with Crippen LogP contribution in [0.1, 0.15) is 35.3 Å². The van der Waals surface area contributed by atoms with Crippen LogP contribution in [0, 0.1) is 0 Å². The molecule has 7 heteroatoms. The van der Waals surface area contributed by atoms with Crippen LogP contribution in [0.15, 0.2) is 66.9 Å². The van der Waals surface area contributed by atoms with Crippen LogP contribution >= 0.6 is 0 Å². The minimum absolute atomic E-state index is 0.162. The zero-order chi connectivity index (χ0) is 24.6. The average molecular weight is 476 g/mol. The molecule has 1 aliphatic rings. The zero-order valence-electron chi connectivity index (χ0n) is 20.6. The van der Waals surface area contributed by atoms with Gasteiger partial charge in [0.15, 0.2) is 0 Å². The molecule has 3 aromatic rings. The van der Waals surface area contributed by atoms with Crippen molar-refractivity contribution in [1.29, 1.82) is 0 Å². The molecule has 0 atom stereocenters. The number of piperazine rings is 1. The second-order valence-electron chi connectivity index (χ2n) is 8.84. The highest BCUT2D eigenvalue weighted by Crippen LogP contribution is 2.23. The Hall–Kier alpha value is -3.58. The molecule has 1 saturated heterocycles. The van der Waals surface area contributed by atoms with E-state index in [-0.39, 0.29) is 12.1 Å². The first-order chi connectivity index (χ1) is 17.0. The second-order valence-corrected chi connectivity index (χ2v) is 8.84. The Bertz CT molecular complexity index is 1110. The summed E-state index contributed by atoms with van der Waals surface area (Å²) in [6.45, 7) is 8.43. The standard InChI is InChI=1S/C28H33N3O4/c1-21(2)35-28(32)25-8-6-14-29-27(25)31-17-15-30(16-18-31)19-22-10-12-24(13-11-22)34-20-23-7-4-5-9-26(23)33-3/h4-14,21H,15-20H2,1-3H3. The smallest absolute Gasteiger partial charge is 0.342 e. The van der Waals surface area contributed by atoms with E-state index in [1.807, 2.05) is 50.2 Å². The summed E-state index contributed by atoms with van der Waals surface area (Å²) in [6, 6.07) is 19.7. The van der Waals surface area contributed by atoms with Gasteiger partial charge in [-0.25, -0.2) is 9.78 Å². The van der Waals surface area contributed by atoms with Gasteiger partial charge in [-0.05, 0) is 49.7 Å². The number of methoxy groups -OCH3 is 1. The van der Waals surface area contributed by atoms with Crippen LogP contribution in [0.25, 0.3) is 0 Å². The third-order valence-electron chi connectivity index (χ3n) is 5.94. The molecule has 1 aliphatic heterocycles. The summed E-state index contributed by atoms with van der Waals surface area (Å²) in [5.74, 6) is 2.05. The molecular weight excluding hydrogens is 442 g/mol. The van der Waals surface area contributed by atoms with Crippen LogP contribution in [0.4, 0.5) is 5.82 Å². The summed E-state index contributed by atoms with van der Waals surface area (Å²) >= 11 is 0. The van der Waals surface area contributed by atoms with Crippen molar-refractivity contribution in [2.45, 2.75) is 33.1 Å². The summed E-state index contributed by atoms with van der Waals surface area (Å²) < 4.78 is 16.7. The van der Waals surface area contributed by atoms with E-state index in [1.54, 1.807) is 25.4 Å². The minimum Gasteiger partial charge on any atom is -0.496 e. The van der Waals surface area contributed by atoms with Crippen LogP contribution in [-0.2, 0) is 17.9 Å². The molecule has 1 fully saturated rings. The Morgan fingerprint density at radius 3 is 2.43 bits per heavy atom. The lowest BCUT2D eigenvalue weighted by molar-refractivity contribution is 0.0378. The molecule has 2 heterocycles. The maximum Gasteiger partial charge on any atom is 0.342 e. The van der Waals surface area contributed by atoms with Crippen LogP contribution < -0.4 is 14.4 Å². The van der Waals surface area contributed by atoms with Gasteiger partial charge in [0.2, 0.25) is 0 Å². The van der Waals surface area contributed by atoms with Gasteiger partial charge in [-0.2, -0.15) is 0 Å². The number of carbonyl (C=O) groups excluding carboxylic acids is 1. The highest BCUT2D eigenvalue weighted by Gasteiger charge is 2.23. The summed E-state index contributed by atoms with van der Waals surface area (Å²) in [7, 11) is 1.67. The summed E-state index contributed by atoms with van der Waals surface area (Å²) in [5, 5.41) is 0. The van der Waals surface area contributed by atoms with Gasteiger partial charge >= 0.3 is 5.97 Å². The number of ether oxygens (including phenoxy) is 3. The van der Waals surface area contributed by atoms with E-state index in [0.717, 1.165) is 49.8 Å². The third-order valence-corrected chi connectivity index (χ3v) is 5.94. The van der Waals surface area contributed by atoms with Crippen molar-refractivity contribution in [2.24, 2.45) is 0 Å². The lowest BCUT2D eigenvalue weighted by atomic mass is 10.1. The van der Waals surface area contributed by atoms with E-state index in [2.05, 4.69) is 26.9 Å². The predicted molar refractivity (Wildman–Crippen MR) is 136 cm³/mol. The molecule has 4 rings (SSSR count). The Morgan fingerprint density at radius 2 is 1.71 bits per heavy atom. The van der Waals surface area contributed by atoms with Crippen molar-refractivity contribution < 1.29 is 19.0 Å². The van der Waals surface area contributed by atoms with Gasteiger partial charge in [0, 0.05) is 44.5 Å². The van der Waals surface area contributed by atoms with Crippen LogP contribution in [-0.4, -0.2) is 55.2 Å². The molecule has 0 radical (unpaired) electrons. The molecule has 0 aliphatic carbocycles. The highest BCUT2D eigenvalue weighted by molar-refractivity contribution is 5.94. The van der Waals surface area contributed by atoms with E-state index < -0.39 is 0 Å². The number of pyridine rings is 1. The molecule has 0 amide bonds. The Morgan fingerprint density at radius 1 is 0.971 bits per heavy atom. The van der Waals surface area contributed by atoms with E-state index >= 15 is 0 Å². The topological polar surface area (TPSA) is 64.1 Å². The second kappa shape index (κ2) is 11.7. The van der Waals surface area contributed by atoms with Crippen LogP contribution in [0.3, 0.4) is 0 Å². The SMILES string of the molecule is COc1ccccc1COc1ccc(CN2CCN(c3ncccc3C(=O)OC(C)C)CC2)cc1. The number of carbonyl (C=O) groups is 1. The first-order valence-electron chi connectivity index (χ1n) is 12.0. The number of hydrogen-bond acceptors (Lipinski definition) is 7. The summed E-state index contributed by atoms with van der Waals surface area (Å²) in [5.41, 5.74) is 2.78. The number of aromatic nitrogens is 1. The van der Waals surface area contributed by atoms with Gasteiger partial charge < -0.3 is 19.1 Å². The summed E-state index contributed by atoms with van der Waals surface area (Å²) in [4.78, 5) is 21.6. The molecule has 0 saturated carbocycles. The van der Waals surface area contributed by atoms with Crippen LogP contribution in [0.2, 0.25) is 0 Å². The maximum atomic E-state index is 12.5. The van der Waals surface area contributed by atoms with Crippen molar-refractivity contribution in [3.63, 3.8) is 0 Å². The van der Waals surface area contributed by atoms with Gasteiger partial charge in [0.1, 0.15) is 29.5 Å². The molecule has 1 aromatic heterocycles. The molecule has 0 spiro atoms. The van der Waals surface area contributed by atoms with E-state index in [0.29, 0.717) is 18.0 Å². The number of nitrogens with zero attached hydrogens (tertiary/aromatic N) is 3. The average Bonchev–Trinajstić information content (AvgIpc) is 2.88. The monoisotopic (exact) mass is 475 g/mol. The Kier molecular flexibility index (Phi) is 8.21. The van der Waals surface area contributed by atoms with Crippen molar-refractivity contribution in [2.75, 3.05) is 38.2 Å². The fourth-order valence-corrected chi connectivity index (χ4v) is 4.14. The molecule has 2 aromatic carbocycles. The maximum absolute atomic E-state index is 12.5. The lowest BCUT2D eigenvalue weighted by Gasteiger charge is -2.36. The zero-order valence-corrected chi connectivity index (χ0v) is 20.6. The van der Waals surface area contributed by atoms with Gasteiger partial charge in [-0.1, -0.05) is 30.3 Å². The number of hydrogen-bond donors (Lipinski definition) is 0. The number of benzene rings is 2. The van der Waals surface area contributed by atoms with E-state index in [9.17, 15) is 4.79 Å². The third kappa shape index (κ3) is 6.51. The van der Waals surface area contributed by atoms with Gasteiger partial charge in [-0.15, -0.1) is 0 Å². The Labute approximate surface area is 207 Å². The number of rotatable bonds is 9. The van der Waals surface area contributed by atoms with Gasteiger partial charge in [0.05, 0.1) is 13.2 Å². The molecule has 35 heavy (non-hydrogen) atoms. The molecule has 7 nitrogen and oxygen atoms in total. The molecule has 0 unspecified atom stereocenters. The predicted octanol–water partition coefficient (Wildman–Crippen LogP) is 4.56. The van der Waals surface area contributed by atoms with Crippen LogP contribution in [0.5, 0.6) is 11.5 Å². The first-order valence-corrected chi connectivity index (χ1v) is 12.0. The molecular formula is C28H33N3O4. The van der Waals surface area contributed by atoms with Gasteiger partial charge in [-0.3, -0.25) is 4.90 Å². The fourth-order valence-electron chi connectivity index (χ4n) is 4.14. The highest BCUT2D eigenvalue weighted by atomic mass is 16.5. The van der Waals surface area contributed by atoms with Crippen molar-refractivity contribution >= 4 is 11.8 Å². The molecule has 184 valence electrons. The fraction of sp³-hybridized carbons (Fsp3) is 0.357. The van der Waals surface area contributed by atoms with Crippen molar-refractivity contribution in [3.05, 3.63) is 83.6 Å². The molecule has 0 N–H and O–H groups in total. The minimum atomic E-state index is -0.321. The first kappa shape index (κ1) is 24.5. The number of esters is 1. The van der Waals surface area contributed by atoms with E-state index in [1.165, 1.54) is 5.56 Å². The Balaban J connectivity index is 1.29. The van der Waals surface area contributed by atoms with Crippen molar-refractivity contribution in [3.8, 4) is 11.5 Å².